The number of nitrogens with zero attached hydrogens (tertiary/aromatic N) is 3. The van der Waals surface area contributed by atoms with E-state index < -0.39 is 49.6 Å². The molecule has 8 heteroatoms. The van der Waals surface area contributed by atoms with Crippen LogP contribution >= 0.6 is 0 Å². The maximum absolute atomic E-state index is 14.3. The Morgan fingerprint density at radius 3 is 2.18 bits per heavy atom. The predicted molar refractivity (Wildman–Crippen MR) is 79.5 cm³/mol. The topological polar surface area (TPSA) is 47.5 Å². The maximum atomic E-state index is 14.3. The Labute approximate surface area is 137 Å². The van der Waals surface area contributed by atoms with Crippen molar-refractivity contribution >= 4 is 18.5 Å². The Morgan fingerprint density at radius 1 is 1.18 bits per heavy atom. The molecular weight excluding hydrogens is 291 g/mol. The van der Waals surface area contributed by atoms with Gasteiger partial charge in [-0.2, -0.15) is 0 Å². The fourth-order valence-corrected chi connectivity index (χ4v) is 1.97. The summed E-state index contributed by atoms with van der Waals surface area (Å²) in [5.41, 5.74) is -0.950. The van der Waals surface area contributed by atoms with Gasteiger partial charge in [-0.15, -0.1) is 0 Å². The third-order valence-corrected chi connectivity index (χ3v) is 3.96. The molecule has 0 aromatic carbocycles. The monoisotopic (exact) mass is 317 g/mol. The summed E-state index contributed by atoms with van der Waals surface area (Å²) in [5, 5.41) is 0. The molecule has 2 aliphatic rings. The highest BCUT2D eigenvalue weighted by Crippen LogP contribution is 2.36. The molecule has 22 heavy (non-hydrogen) atoms. The van der Waals surface area contributed by atoms with E-state index in [1.807, 2.05) is 27.7 Å². The van der Waals surface area contributed by atoms with Gasteiger partial charge in [0.2, 0.25) is 5.95 Å². The molecule has 0 amide bonds. The molecule has 0 saturated carbocycles. The Kier molecular flexibility index (Phi) is 2.16. The zero-order valence-corrected chi connectivity index (χ0v) is 12.6. The number of hydrogen-bond acceptors (Lipinski definition) is 5. The highest BCUT2D eigenvalue weighted by atomic mass is 19.3. The summed E-state index contributed by atoms with van der Waals surface area (Å²) in [7, 11) is -0.848. The van der Waals surface area contributed by atoms with Crippen LogP contribution in [0.1, 0.15) is 42.3 Å². The zero-order chi connectivity index (χ0) is 21.6. The van der Waals surface area contributed by atoms with Crippen LogP contribution in [0.3, 0.4) is 0 Å². The van der Waals surface area contributed by atoms with Crippen LogP contribution in [0.4, 0.5) is 14.7 Å². The number of anilines is 1. The zero-order valence-electron chi connectivity index (χ0n) is 18.6. The Balaban J connectivity index is 1.96. The average Bonchev–Trinajstić information content (AvgIpc) is 2.78. The number of alkyl halides is 2. The van der Waals surface area contributed by atoms with E-state index in [4.69, 9.17) is 17.5 Å². The van der Waals surface area contributed by atoms with Crippen LogP contribution in [-0.4, -0.2) is 47.2 Å². The van der Waals surface area contributed by atoms with Crippen molar-refractivity contribution in [2.75, 3.05) is 17.9 Å². The van der Waals surface area contributed by atoms with E-state index in [2.05, 4.69) is 9.97 Å². The molecule has 0 radical (unpaired) electrons. The average molecular weight is 317 g/mol. The molecule has 2 fully saturated rings. The van der Waals surface area contributed by atoms with Crippen LogP contribution in [0, 0.1) is 0 Å². The molecule has 120 valence electrons. The fourth-order valence-electron chi connectivity index (χ4n) is 1.97. The van der Waals surface area contributed by atoms with Gasteiger partial charge in [-0.1, -0.05) is 0 Å². The molecule has 2 saturated heterocycles. The number of aromatic nitrogens is 2. The summed E-state index contributed by atoms with van der Waals surface area (Å²) < 4.78 is 86.0. The van der Waals surface area contributed by atoms with Gasteiger partial charge in [0.05, 0.1) is 20.4 Å². The molecule has 0 atom stereocenters. The summed E-state index contributed by atoms with van der Waals surface area (Å²) >= 11 is 0. The molecule has 5 nitrogen and oxygen atoms in total. The second-order valence-corrected chi connectivity index (χ2v) is 6.16. The van der Waals surface area contributed by atoms with Gasteiger partial charge in [0.1, 0.15) is 0 Å². The number of halogens is 2. The van der Waals surface area contributed by atoms with Crippen LogP contribution in [0.5, 0.6) is 0 Å². The highest BCUT2D eigenvalue weighted by molar-refractivity contribution is 6.61. The van der Waals surface area contributed by atoms with E-state index in [1.165, 1.54) is 0 Å². The van der Waals surface area contributed by atoms with E-state index in [0.29, 0.717) is 5.46 Å². The van der Waals surface area contributed by atoms with Gasteiger partial charge >= 0.3 is 7.12 Å². The Morgan fingerprint density at radius 2 is 1.73 bits per heavy atom. The van der Waals surface area contributed by atoms with Crippen molar-refractivity contribution in [2.45, 2.75) is 51.2 Å². The standard InChI is InChI=1S/C14H20BF2N3O2/c1-12(2)13(3,4)22-15(21-12)10-7-18-11(19-8-10)20-6-5-14(16,17)9-20/h7-8H,5-6,9H2,1-4H3/i5D2,6D2,9D2. The second-order valence-electron chi connectivity index (χ2n) is 6.16. The molecule has 1 aromatic rings. The van der Waals surface area contributed by atoms with Gasteiger partial charge in [-0.3, -0.25) is 0 Å². The van der Waals surface area contributed by atoms with Gasteiger partial charge in [-0.05, 0) is 27.7 Å². The molecule has 2 aliphatic heterocycles. The molecular formula is C14H20BF2N3O2. The molecule has 0 unspecified atom stereocenters. The Hall–Kier alpha value is -1.28. The quantitative estimate of drug-likeness (QED) is 0.776. The van der Waals surface area contributed by atoms with Crippen molar-refractivity contribution in [2.24, 2.45) is 0 Å². The number of hydrogen-bond donors (Lipinski definition) is 0. The summed E-state index contributed by atoms with van der Waals surface area (Å²) in [4.78, 5) is 7.53. The lowest BCUT2D eigenvalue weighted by atomic mass is 9.81. The molecule has 0 aliphatic carbocycles. The lowest BCUT2D eigenvalue weighted by molar-refractivity contribution is 0.00578. The van der Waals surface area contributed by atoms with E-state index >= 15 is 0 Å². The molecule has 3 heterocycles. The van der Waals surface area contributed by atoms with Crippen molar-refractivity contribution in [3.05, 3.63) is 12.4 Å². The van der Waals surface area contributed by atoms with Crippen LogP contribution in [0.2, 0.25) is 0 Å². The summed E-state index contributed by atoms with van der Waals surface area (Å²) in [6.07, 6.45) is -1.50. The van der Waals surface area contributed by atoms with E-state index in [-0.39, 0.29) is 4.90 Å². The van der Waals surface area contributed by atoms with Crippen molar-refractivity contribution < 1.29 is 26.3 Å². The normalized spacial score (nSPS) is 36.6. The van der Waals surface area contributed by atoms with Crippen LogP contribution in [-0.2, 0) is 9.31 Å². The van der Waals surface area contributed by atoms with Gasteiger partial charge < -0.3 is 14.2 Å². The first-order valence-electron chi connectivity index (χ1n) is 9.76. The minimum atomic E-state index is -4.64. The molecule has 0 spiro atoms. The van der Waals surface area contributed by atoms with E-state index in [0.717, 1.165) is 12.4 Å². The smallest absolute Gasteiger partial charge is 0.399 e. The van der Waals surface area contributed by atoms with Crippen LogP contribution < -0.4 is 10.4 Å². The SMILES string of the molecule is [2H]C1([2H])N(c2ncc(B3OC(C)(C)C(C)(C)O3)cn2)C([2H])([2H])C(F)(F)C1([2H])[2H]. The van der Waals surface area contributed by atoms with Gasteiger partial charge in [-0.25, -0.2) is 18.7 Å². The maximum Gasteiger partial charge on any atom is 0.498 e. The first-order chi connectivity index (χ1) is 12.4. The first kappa shape index (κ1) is 9.77. The van der Waals surface area contributed by atoms with Gasteiger partial charge in [0, 0.05) is 36.2 Å². The minimum Gasteiger partial charge on any atom is -0.399 e. The summed E-state index contributed by atoms with van der Waals surface area (Å²) in [6.45, 7) is 0.247. The minimum absolute atomic E-state index is 0.0615. The second kappa shape index (κ2) is 4.86. The summed E-state index contributed by atoms with van der Waals surface area (Å²) in [5.74, 6) is -5.35. The molecule has 0 bridgehead atoms. The van der Waals surface area contributed by atoms with E-state index in [1.54, 1.807) is 0 Å². The van der Waals surface area contributed by atoms with Crippen molar-refractivity contribution in [3.63, 3.8) is 0 Å². The molecule has 3 rings (SSSR count). The van der Waals surface area contributed by atoms with E-state index in [9.17, 15) is 8.78 Å². The fraction of sp³-hybridized carbons (Fsp3) is 0.714. The van der Waals surface area contributed by atoms with Gasteiger partial charge in [0.25, 0.3) is 5.92 Å². The largest absolute Gasteiger partial charge is 0.498 e. The van der Waals surface area contributed by atoms with Crippen molar-refractivity contribution in [1.29, 1.82) is 0 Å². The third-order valence-electron chi connectivity index (χ3n) is 3.96. The predicted octanol–water partition coefficient (Wildman–Crippen LogP) is 1.62. The Bertz CT molecular complexity index is 752. The summed E-state index contributed by atoms with van der Waals surface area (Å²) in [6, 6.07) is 0. The van der Waals surface area contributed by atoms with Crippen molar-refractivity contribution in [1.82, 2.24) is 9.97 Å². The highest BCUT2D eigenvalue weighted by Gasteiger charge is 2.52. The van der Waals surface area contributed by atoms with Crippen molar-refractivity contribution in [3.8, 4) is 0 Å². The molecule has 0 N–H and O–H groups in total. The number of rotatable bonds is 2. The first-order valence-corrected chi connectivity index (χ1v) is 6.76. The van der Waals surface area contributed by atoms with Crippen LogP contribution in [0.15, 0.2) is 12.4 Å². The van der Waals surface area contributed by atoms with Crippen LogP contribution in [0.25, 0.3) is 0 Å². The third kappa shape index (κ3) is 2.69. The van der Waals surface area contributed by atoms with Gasteiger partial charge in [0.15, 0.2) is 0 Å². The molecule has 1 aromatic heterocycles. The lowest BCUT2D eigenvalue weighted by Crippen LogP contribution is -2.41. The lowest BCUT2D eigenvalue weighted by Gasteiger charge is -2.32.